The molecule has 3 atom stereocenters. The van der Waals surface area contributed by atoms with Crippen LogP contribution in [-0.4, -0.2) is 40.3 Å². The third kappa shape index (κ3) is 6.22. The fraction of sp³-hybridized carbons (Fsp3) is 0.364. The Bertz CT molecular complexity index is 837. The number of nitrogens with two attached hydrogens (primary N) is 1. The van der Waals surface area contributed by atoms with Crippen molar-refractivity contribution < 1.29 is 14.7 Å². The standard InChI is InChI=1S/C22H28N4O3/c1-3-14(2)20(22(28)29)26-13-19(27)18(17-5-4-10-25-12-17)11-15-6-8-16(9-7-15)21(23)24/h4-10,12,14,18,20,26H,3,11,13H2,1-2H3,(H3,23,24)(H,28,29)/t14?,18-,20?/m0/s1. The summed E-state index contributed by atoms with van der Waals surface area (Å²) in [6, 6.07) is 10.1. The molecule has 1 aromatic heterocycles. The first-order valence-corrected chi connectivity index (χ1v) is 9.65. The van der Waals surface area contributed by atoms with E-state index in [-0.39, 0.29) is 24.1 Å². The van der Waals surface area contributed by atoms with Crippen molar-refractivity contribution in [2.45, 2.75) is 38.6 Å². The van der Waals surface area contributed by atoms with Crippen LogP contribution in [0.15, 0.2) is 48.8 Å². The van der Waals surface area contributed by atoms with Gasteiger partial charge in [-0.3, -0.25) is 25.3 Å². The van der Waals surface area contributed by atoms with E-state index in [2.05, 4.69) is 10.3 Å². The molecule has 29 heavy (non-hydrogen) atoms. The first-order valence-electron chi connectivity index (χ1n) is 9.65. The Morgan fingerprint density at radius 2 is 1.93 bits per heavy atom. The van der Waals surface area contributed by atoms with Gasteiger partial charge in [0, 0.05) is 23.9 Å². The Morgan fingerprint density at radius 1 is 1.24 bits per heavy atom. The Hall–Kier alpha value is -3.06. The molecule has 0 radical (unpaired) electrons. The Morgan fingerprint density at radius 3 is 2.45 bits per heavy atom. The molecular formula is C22H28N4O3. The Balaban J connectivity index is 2.18. The molecule has 154 valence electrons. The van der Waals surface area contributed by atoms with Crippen LogP contribution in [0.5, 0.6) is 0 Å². The number of rotatable bonds is 11. The van der Waals surface area contributed by atoms with Crippen molar-refractivity contribution in [1.82, 2.24) is 10.3 Å². The molecule has 5 N–H and O–H groups in total. The van der Waals surface area contributed by atoms with Gasteiger partial charge in [-0.05, 0) is 29.5 Å². The van der Waals surface area contributed by atoms with Crippen LogP contribution in [0.4, 0.5) is 0 Å². The minimum Gasteiger partial charge on any atom is -0.480 e. The molecule has 7 nitrogen and oxygen atoms in total. The van der Waals surface area contributed by atoms with Crippen molar-refractivity contribution in [3.63, 3.8) is 0 Å². The van der Waals surface area contributed by atoms with Gasteiger partial charge in [-0.1, -0.05) is 50.6 Å². The summed E-state index contributed by atoms with van der Waals surface area (Å²) in [7, 11) is 0. The smallest absolute Gasteiger partial charge is 0.320 e. The van der Waals surface area contributed by atoms with Crippen LogP contribution in [0, 0.1) is 11.3 Å². The summed E-state index contributed by atoms with van der Waals surface area (Å²) in [5.41, 5.74) is 7.83. The highest BCUT2D eigenvalue weighted by Crippen LogP contribution is 2.22. The quantitative estimate of drug-likeness (QED) is 0.341. The molecule has 0 aliphatic heterocycles. The largest absolute Gasteiger partial charge is 0.480 e. The first kappa shape index (κ1) is 22.2. The van der Waals surface area contributed by atoms with E-state index in [1.807, 2.05) is 32.0 Å². The summed E-state index contributed by atoms with van der Waals surface area (Å²) in [5.74, 6) is -1.60. The van der Waals surface area contributed by atoms with Crippen molar-refractivity contribution in [2.75, 3.05) is 6.54 Å². The zero-order valence-electron chi connectivity index (χ0n) is 16.8. The number of pyridine rings is 1. The normalized spacial score (nSPS) is 14.0. The van der Waals surface area contributed by atoms with Gasteiger partial charge >= 0.3 is 5.97 Å². The van der Waals surface area contributed by atoms with Crippen molar-refractivity contribution >= 4 is 17.6 Å². The van der Waals surface area contributed by atoms with E-state index in [0.717, 1.165) is 11.1 Å². The summed E-state index contributed by atoms with van der Waals surface area (Å²) >= 11 is 0. The van der Waals surface area contributed by atoms with Crippen LogP contribution < -0.4 is 11.1 Å². The molecule has 2 unspecified atom stereocenters. The zero-order valence-corrected chi connectivity index (χ0v) is 16.8. The summed E-state index contributed by atoms with van der Waals surface area (Å²) < 4.78 is 0. The number of benzene rings is 1. The number of carbonyl (C=O) groups excluding carboxylic acids is 1. The Kier molecular flexibility index (Phi) is 8.03. The van der Waals surface area contributed by atoms with E-state index in [0.29, 0.717) is 18.4 Å². The highest BCUT2D eigenvalue weighted by molar-refractivity contribution is 5.95. The number of carboxylic acids is 1. The molecule has 0 aliphatic carbocycles. The van der Waals surface area contributed by atoms with Gasteiger partial charge in [-0.2, -0.15) is 0 Å². The maximum Gasteiger partial charge on any atom is 0.320 e. The molecule has 0 fully saturated rings. The van der Waals surface area contributed by atoms with Gasteiger partial charge in [0.05, 0.1) is 6.54 Å². The maximum atomic E-state index is 13.0. The number of nitrogen functional groups attached to an aromatic ring is 1. The van der Waals surface area contributed by atoms with Crippen LogP contribution in [0.1, 0.15) is 42.9 Å². The second kappa shape index (κ2) is 10.5. The lowest BCUT2D eigenvalue weighted by molar-refractivity contribution is -0.140. The van der Waals surface area contributed by atoms with Crippen molar-refractivity contribution in [2.24, 2.45) is 11.7 Å². The summed E-state index contributed by atoms with van der Waals surface area (Å²) in [5, 5.41) is 19.8. The number of amidine groups is 1. The van der Waals surface area contributed by atoms with Gasteiger partial charge in [0.2, 0.25) is 0 Å². The number of nitrogens with zero attached hydrogens (tertiary/aromatic N) is 1. The average molecular weight is 396 g/mol. The lowest BCUT2D eigenvalue weighted by Crippen LogP contribution is -2.44. The predicted molar refractivity (Wildman–Crippen MR) is 112 cm³/mol. The topological polar surface area (TPSA) is 129 Å². The molecule has 0 amide bonds. The molecule has 0 bridgehead atoms. The van der Waals surface area contributed by atoms with Crippen LogP contribution in [0.25, 0.3) is 0 Å². The van der Waals surface area contributed by atoms with E-state index in [4.69, 9.17) is 11.1 Å². The summed E-state index contributed by atoms with van der Waals surface area (Å²) in [6.07, 6.45) is 4.46. The van der Waals surface area contributed by atoms with Crippen molar-refractivity contribution in [3.8, 4) is 0 Å². The molecule has 0 saturated heterocycles. The molecule has 1 heterocycles. The molecule has 2 rings (SSSR count). The fourth-order valence-electron chi connectivity index (χ4n) is 3.16. The fourth-order valence-corrected chi connectivity index (χ4v) is 3.16. The average Bonchev–Trinajstić information content (AvgIpc) is 2.72. The number of aromatic nitrogens is 1. The maximum absolute atomic E-state index is 13.0. The highest BCUT2D eigenvalue weighted by atomic mass is 16.4. The third-order valence-electron chi connectivity index (χ3n) is 5.16. The van der Waals surface area contributed by atoms with E-state index < -0.39 is 17.9 Å². The minimum absolute atomic E-state index is 0.00890. The number of hydrogen-bond acceptors (Lipinski definition) is 5. The van der Waals surface area contributed by atoms with Crippen LogP contribution >= 0.6 is 0 Å². The minimum atomic E-state index is -0.954. The lowest BCUT2D eigenvalue weighted by Gasteiger charge is -2.22. The number of carboxylic acid groups (broad SMARTS) is 1. The SMILES string of the molecule is CCC(C)C(NCC(=O)[C@@H](Cc1ccc(C(=N)N)cc1)c1cccnc1)C(=O)O. The summed E-state index contributed by atoms with van der Waals surface area (Å²) in [4.78, 5) is 28.7. The van der Waals surface area contributed by atoms with Gasteiger partial charge in [0.15, 0.2) is 5.78 Å². The molecule has 0 saturated carbocycles. The lowest BCUT2D eigenvalue weighted by atomic mass is 9.88. The molecule has 1 aromatic carbocycles. The van der Waals surface area contributed by atoms with Gasteiger partial charge in [-0.15, -0.1) is 0 Å². The third-order valence-corrected chi connectivity index (χ3v) is 5.16. The first-order chi connectivity index (χ1) is 13.8. The van der Waals surface area contributed by atoms with E-state index >= 15 is 0 Å². The number of ketones is 1. The van der Waals surface area contributed by atoms with Gasteiger partial charge in [0.25, 0.3) is 0 Å². The second-order valence-corrected chi connectivity index (χ2v) is 7.20. The van der Waals surface area contributed by atoms with Gasteiger partial charge in [-0.25, -0.2) is 0 Å². The second-order valence-electron chi connectivity index (χ2n) is 7.20. The number of Topliss-reactive ketones (excluding diaryl/α,β-unsaturated/α-hetero) is 1. The predicted octanol–water partition coefficient (Wildman–Crippen LogP) is 2.35. The summed E-state index contributed by atoms with van der Waals surface area (Å²) in [6.45, 7) is 3.74. The number of nitrogens with one attached hydrogen (secondary N) is 2. The van der Waals surface area contributed by atoms with Gasteiger partial charge < -0.3 is 10.8 Å². The van der Waals surface area contributed by atoms with Crippen LogP contribution in [0.2, 0.25) is 0 Å². The van der Waals surface area contributed by atoms with Crippen LogP contribution in [0.3, 0.4) is 0 Å². The monoisotopic (exact) mass is 396 g/mol. The molecule has 2 aromatic rings. The van der Waals surface area contributed by atoms with E-state index in [1.54, 1.807) is 30.6 Å². The zero-order chi connectivity index (χ0) is 21.4. The van der Waals surface area contributed by atoms with E-state index in [1.165, 1.54) is 0 Å². The number of aliphatic carboxylic acids is 1. The van der Waals surface area contributed by atoms with Crippen molar-refractivity contribution in [1.29, 1.82) is 5.41 Å². The molecule has 0 aliphatic rings. The Labute approximate surface area is 170 Å². The molecule has 0 spiro atoms. The molecular weight excluding hydrogens is 368 g/mol. The van der Waals surface area contributed by atoms with Crippen LogP contribution in [-0.2, 0) is 16.0 Å². The highest BCUT2D eigenvalue weighted by Gasteiger charge is 2.26. The van der Waals surface area contributed by atoms with E-state index in [9.17, 15) is 14.7 Å². The number of hydrogen-bond donors (Lipinski definition) is 4. The molecule has 7 heteroatoms. The number of carbonyl (C=O) groups is 2. The van der Waals surface area contributed by atoms with Gasteiger partial charge in [0.1, 0.15) is 11.9 Å². The van der Waals surface area contributed by atoms with Crippen molar-refractivity contribution in [3.05, 3.63) is 65.5 Å².